The molecule has 0 saturated heterocycles. The van der Waals surface area contributed by atoms with Gasteiger partial charge in [0.25, 0.3) is 0 Å². The summed E-state index contributed by atoms with van der Waals surface area (Å²) in [5, 5.41) is 18.5. The third kappa shape index (κ3) is 5.21. The molecule has 2 aromatic rings. The van der Waals surface area contributed by atoms with E-state index in [1.807, 2.05) is 60.7 Å². The van der Waals surface area contributed by atoms with Gasteiger partial charge in [-0.15, -0.1) is 9.42 Å². The Morgan fingerprint density at radius 1 is 0.880 bits per heavy atom. The minimum absolute atomic E-state index is 0.118. The smallest absolute Gasteiger partial charge is 0.198 e. The maximum atomic E-state index is 11.4. The summed E-state index contributed by atoms with van der Waals surface area (Å²) in [4.78, 5) is 9.37. The van der Waals surface area contributed by atoms with E-state index in [1.165, 1.54) is 0 Å². The van der Waals surface area contributed by atoms with Gasteiger partial charge in [0.2, 0.25) is 0 Å². The molecule has 0 spiro atoms. The number of nitrogens with zero attached hydrogens (tertiary/aromatic N) is 2. The molecule has 0 heterocycles. The highest BCUT2D eigenvalue weighted by Crippen LogP contribution is 2.40. The minimum Gasteiger partial charge on any atom is -0.198 e. The van der Waals surface area contributed by atoms with Gasteiger partial charge in [0.1, 0.15) is 6.10 Å². The lowest BCUT2D eigenvalue weighted by Crippen LogP contribution is -2.28. The van der Waals surface area contributed by atoms with Crippen molar-refractivity contribution >= 4 is 8.25 Å². The second-order valence-electron chi connectivity index (χ2n) is 5.57. The largest absolute Gasteiger partial charge is 0.695 e. The number of nitriles is 2. The van der Waals surface area contributed by atoms with Crippen LogP contribution in [-0.4, -0.2) is 11.0 Å². The van der Waals surface area contributed by atoms with E-state index in [2.05, 4.69) is 12.1 Å². The molecule has 6 heteroatoms. The minimum atomic E-state index is -2.88. The Bertz CT molecular complexity index is 709. The summed E-state index contributed by atoms with van der Waals surface area (Å²) in [5.41, 5.74) is 1.68. The molecule has 1 N–H and O–H groups in total. The van der Waals surface area contributed by atoms with Crippen LogP contribution in [0.1, 0.15) is 35.8 Å². The summed E-state index contributed by atoms with van der Waals surface area (Å²) in [6, 6.07) is 22.8. The maximum Gasteiger partial charge on any atom is 0.695 e. The van der Waals surface area contributed by atoms with Gasteiger partial charge in [0.05, 0.1) is 12.1 Å². The van der Waals surface area contributed by atoms with Crippen molar-refractivity contribution in [3.8, 4) is 12.1 Å². The molecule has 25 heavy (non-hydrogen) atoms. The molecule has 3 atom stereocenters. The first-order valence-corrected chi connectivity index (χ1v) is 8.97. The molecule has 2 rings (SSSR count). The standard InChI is InChI=1S/C19H17N2O3P/c20-13-11-17(15-7-3-1-4-8-15)19(24-25(22)23)18(12-14-21)16-9-5-2-6-10-16/h1-10,17-19H,11-12H2/p+1. The van der Waals surface area contributed by atoms with E-state index in [-0.39, 0.29) is 12.8 Å². The molecule has 0 aliphatic carbocycles. The Morgan fingerprint density at radius 3 is 1.60 bits per heavy atom. The van der Waals surface area contributed by atoms with E-state index in [0.717, 1.165) is 11.1 Å². The topological polar surface area (TPSA) is 94.1 Å². The second kappa shape index (κ2) is 9.67. The van der Waals surface area contributed by atoms with Crippen molar-refractivity contribution in [2.75, 3.05) is 0 Å². The fraction of sp³-hybridized carbons (Fsp3) is 0.263. The summed E-state index contributed by atoms with van der Waals surface area (Å²) in [7, 11) is -2.88. The molecular formula is C19H18N2O3P+. The van der Waals surface area contributed by atoms with Gasteiger partial charge >= 0.3 is 8.25 Å². The molecule has 0 bridgehead atoms. The van der Waals surface area contributed by atoms with E-state index in [1.54, 1.807) is 0 Å². The fourth-order valence-electron chi connectivity index (χ4n) is 2.98. The van der Waals surface area contributed by atoms with Crippen molar-refractivity contribution in [3.05, 3.63) is 71.8 Å². The van der Waals surface area contributed by atoms with Crippen LogP contribution in [0.25, 0.3) is 0 Å². The van der Waals surface area contributed by atoms with E-state index >= 15 is 0 Å². The van der Waals surface area contributed by atoms with Crippen molar-refractivity contribution in [1.82, 2.24) is 0 Å². The number of benzene rings is 2. The number of hydrogen-bond donors (Lipinski definition) is 1. The van der Waals surface area contributed by atoms with Crippen LogP contribution in [0.15, 0.2) is 60.7 Å². The van der Waals surface area contributed by atoms with Crippen molar-refractivity contribution in [1.29, 1.82) is 10.5 Å². The molecule has 0 radical (unpaired) electrons. The molecule has 0 aliphatic heterocycles. The zero-order valence-corrected chi connectivity index (χ0v) is 14.4. The monoisotopic (exact) mass is 353 g/mol. The van der Waals surface area contributed by atoms with E-state index in [4.69, 9.17) is 4.52 Å². The molecule has 126 valence electrons. The SMILES string of the molecule is N#CCC(c1ccccc1)C(O[P+](=O)O)C(CC#N)c1ccccc1. The van der Waals surface area contributed by atoms with Gasteiger partial charge in [-0.2, -0.15) is 10.5 Å². The Kier molecular flexibility index (Phi) is 7.26. The van der Waals surface area contributed by atoms with E-state index in [0.29, 0.717) is 0 Å². The normalized spacial score (nSPS) is 14.6. The van der Waals surface area contributed by atoms with Crippen molar-refractivity contribution in [2.45, 2.75) is 30.8 Å². The summed E-state index contributed by atoms with van der Waals surface area (Å²) >= 11 is 0. The Balaban J connectivity index is 2.49. The highest BCUT2D eigenvalue weighted by Gasteiger charge is 2.39. The zero-order valence-electron chi connectivity index (χ0n) is 13.5. The van der Waals surface area contributed by atoms with Gasteiger partial charge in [-0.25, -0.2) is 0 Å². The lowest BCUT2D eigenvalue weighted by Gasteiger charge is -2.27. The summed E-state index contributed by atoms with van der Waals surface area (Å²) in [6.07, 6.45) is -0.531. The number of rotatable bonds is 8. The second-order valence-corrected chi connectivity index (χ2v) is 6.25. The maximum absolute atomic E-state index is 11.4. The van der Waals surface area contributed by atoms with Crippen LogP contribution in [0.5, 0.6) is 0 Å². The van der Waals surface area contributed by atoms with E-state index < -0.39 is 26.2 Å². The van der Waals surface area contributed by atoms with Crippen molar-refractivity contribution in [2.24, 2.45) is 0 Å². The molecule has 0 fully saturated rings. The van der Waals surface area contributed by atoms with Crippen LogP contribution < -0.4 is 0 Å². The van der Waals surface area contributed by atoms with Crippen molar-refractivity contribution < 1.29 is 14.0 Å². The van der Waals surface area contributed by atoms with Crippen LogP contribution in [0.2, 0.25) is 0 Å². The molecule has 3 unspecified atom stereocenters. The first-order valence-electron chi connectivity index (χ1n) is 7.84. The average molecular weight is 353 g/mol. The molecule has 0 amide bonds. The van der Waals surface area contributed by atoms with Crippen LogP contribution in [0.4, 0.5) is 0 Å². The third-order valence-corrected chi connectivity index (χ3v) is 4.51. The van der Waals surface area contributed by atoms with Gasteiger partial charge in [-0.3, -0.25) is 0 Å². The third-order valence-electron chi connectivity index (χ3n) is 4.08. The predicted octanol–water partition coefficient (Wildman–Crippen LogP) is 4.42. The lowest BCUT2D eigenvalue weighted by molar-refractivity contribution is 0.133. The van der Waals surface area contributed by atoms with Gasteiger partial charge < -0.3 is 0 Å². The van der Waals surface area contributed by atoms with Gasteiger partial charge in [0.15, 0.2) is 0 Å². The van der Waals surface area contributed by atoms with Crippen LogP contribution in [-0.2, 0) is 9.09 Å². The quantitative estimate of drug-likeness (QED) is 0.709. The fourth-order valence-corrected chi connectivity index (χ4v) is 3.48. The highest BCUT2D eigenvalue weighted by molar-refractivity contribution is 7.32. The summed E-state index contributed by atoms with van der Waals surface area (Å²) in [5.74, 6) is -0.841. The lowest BCUT2D eigenvalue weighted by atomic mass is 9.79. The molecule has 5 nitrogen and oxygen atoms in total. The number of hydrogen-bond acceptors (Lipinski definition) is 4. The van der Waals surface area contributed by atoms with Crippen molar-refractivity contribution in [3.63, 3.8) is 0 Å². The Labute approximate surface area is 148 Å². The van der Waals surface area contributed by atoms with E-state index in [9.17, 15) is 20.0 Å². The van der Waals surface area contributed by atoms with Crippen LogP contribution in [0, 0.1) is 22.7 Å². The molecule has 0 saturated carbocycles. The highest BCUT2D eigenvalue weighted by atomic mass is 31.1. The summed E-state index contributed by atoms with van der Waals surface area (Å²) < 4.78 is 16.8. The van der Waals surface area contributed by atoms with Crippen LogP contribution >= 0.6 is 8.25 Å². The predicted molar refractivity (Wildman–Crippen MR) is 93.5 cm³/mol. The molecule has 0 aliphatic rings. The van der Waals surface area contributed by atoms with Crippen LogP contribution in [0.3, 0.4) is 0 Å². The first-order chi connectivity index (χ1) is 12.2. The molecule has 0 aromatic heterocycles. The first kappa shape index (κ1) is 18.8. The van der Waals surface area contributed by atoms with Gasteiger partial charge in [-0.1, -0.05) is 60.7 Å². The zero-order chi connectivity index (χ0) is 18.1. The molecule has 2 aromatic carbocycles. The van der Waals surface area contributed by atoms with Gasteiger partial charge in [-0.05, 0) is 11.1 Å². The Morgan fingerprint density at radius 2 is 1.28 bits per heavy atom. The molecular weight excluding hydrogens is 335 g/mol. The Hall–Kier alpha value is -2.56. The summed E-state index contributed by atoms with van der Waals surface area (Å²) in [6.45, 7) is 0. The van der Waals surface area contributed by atoms with Gasteiger partial charge in [0, 0.05) is 29.2 Å². The average Bonchev–Trinajstić information content (AvgIpc) is 2.64.